The van der Waals surface area contributed by atoms with Gasteiger partial charge in [0, 0.05) is 17.6 Å². The van der Waals surface area contributed by atoms with Crippen LogP contribution < -0.4 is 10.0 Å². The minimum atomic E-state index is -3.25. The molecule has 0 amide bonds. The second kappa shape index (κ2) is 7.18. The minimum absolute atomic E-state index is 0.0989. The molecule has 0 saturated carbocycles. The Hall–Kier alpha value is -0.500. The van der Waals surface area contributed by atoms with E-state index >= 15 is 0 Å². The SMILES string of the molecule is CCCNCCS(=O)(=O)NC(C)c1ncc(C)s1. The van der Waals surface area contributed by atoms with E-state index < -0.39 is 10.0 Å². The molecule has 0 aliphatic rings. The number of nitrogens with one attached hydrogen (secondary N) is 2. The van der Waals surface area contributed by atoms with Crippen molar-refractivity contribution in [2.75, 3.05) is 18.8 Å². The fourth-order valence-electron chi connectivity index (χ4n) is 1.46. The van der Waals surface area contributed by atoms with Gasteiger partial charge in [0.1, 0.15) is 5.01 Å². The molecule has 18 heavy (non-hydrogen) atoms. The number of aromatic nitrogens is 1. The Labute approximate surface area is 113 Å². The molecule has 0 bridgehead atoms. The van der Waals surface area contributed by atoms with E-state index in [9.17, 15) is 8.42 Å². The lowest BCUT2D eigenvalue weighted by Crippen LogP contribution is -2.33. The number of hydrogen-bond acceptors (Lipinski definition) is 5. The van der Waals surface area contributed by atoms with E-state index in [4.69, 9.17) is 0 Å². The second-order valence-corrected chi connectivity index (χ2v) is 7.36. The third-order valence-corrected chi connectivity index (χ3v) is 4.89. The van der Waals surface area contributed by atoms with Gasteiger partial charge in [0.25, 0.3) is 0 Å². The lowest BCUT2D eigenvalue weighted by atomic mass is 10.4. The molecule has 5 nitrogen and oxygen atoms in total. The molecule has 0 aromatic carbocycles. The van der Waals surface area contributed by atoms with Gasteiger partial charge < -0.3 is 5.32 Å². The molecule has 0 fully saturated rings. The first-order valence-electron chi connectivity index (χ1n) is 6.07. The fraction of sp³-hybridized carbons (Fsp3) is 0.727. The molecular formula is C11H21N3O2S2. The lowest BCUT2D eigenvalue weighted by Gasteiger charge is -2.12. The summed E-state index contributed by atoms with van der Waals surface area (Å²) in [6.07, 6.45) is 2.76. The summed E-state index contributed by atoms with van der Waals surface area (Å²) in [5, 5.41) is 3.88. The van der Waals surface area contributed by atoms with Crippen LogP contribution in [0, 0.1) is 6.92 Å². The molecule has 1 aromatic rings. The predicted octanol–water partition coefficient (Wildman–Crippen LogP) is 1.43. The average Bonchev–Trinajstić information content (AvgIpc) is 2.71. The summed E-state index contributed by atoms with van der Waals surface area (Å²) in [6.45, 7) is 7.14. The summed E-state index contributed by atoms with van der Waals surface area (Å²) in [7, 11) is -3.25. The van der Waals surface area contributed by atoms with Gasteiger partial charge in [-0.15, -0.1) is 11.3 Å². The lowest BCUT2D eigenvalue weighted by molar-refractivity contribution is 0.562. The van der Waals surface area contributed by atoms with Crippen molar-refractivity contribution in [1.29, 1.82) is 0 Å². The largest absolute Gasteiger partial charge is 0.316 e. The zero-order valence-corrected chi connectivity index (χ0v) is 12.7. The second-order valence-electron chi connectivity index (χ2n) is 4.22. The highest BCUT2D eigenvalue weighted by Gasteiger charge is 2.17. The predicted molar refractivity (Wildman–Crippen MR) is 75.3 cm³/mol. The molecule has 1 aromatic heterocycles. The molecule has 0 aliphatic carbocycles. The van der Waals surface area contributed by atoms with Gasteiger partial charge in [-0.05, 0) is 26.8 Å². The topological polar surface area (TPSA) is 71.1 Å². The molecule has 104 valence electrons. The molecule has 0 radical (unpaired) electrons. The van der Waals surface area contributed by atoms with Crippen LogP contribution in [0.1, 0.15) is 36.2 Å². The van der Waals surface area contributed by atoms with Crippen LogP contribution >= 0.6 is 11.3 Å². The molecule has 0 aliphatic heterocycles. The number of aryl methyl sites for hydroxylation is 1. The van der Waals surface area contributed by atoms with Crippen LogP contribution in [-0.4, -0.2) is 32.2 Å². The van der Waals surface area contributed by atoms with E-state index in [2.05, 4.69) is 15.0 Å². The molecule has 7 heteroatoms. The molecular weight excluding hydrogens is 270 g/mol. The number of nitrogens with zero attached hydrogens (tertiary/aromatic N) is 1. The van der Waals surface area contributed by atoms with Crippen molar-refractivity contribution < 1.29 is 8.42 Å². The van der Waals surface area contributed by atoms with Crippen molar-refractivity contribution in [2.45, 2.75) is 33.2 Å². The van der Waals surface area contributed by atoms with Crippen molar-refractivity contribution >= 4 is 21.4 Å². The Bertz CT molecular complexity index is 457. The van der Waals surface area contributed by atoms with Crippen LogP contribution in [0.25, 0.3) is 0 Å². The Kier molecular flexibility index (Phi) is 6.20. The Morgan fingerprint density at radius 1 is 1.44 bits per heavy atom. The summed E-state index contributed by atoms with van der Waals surface area (Å²) in [5.74, 6) is 0.0989. The van der Waals surface area contributed by atoms with Crippen molar-refractivity contribution in [3.63, 3.8) is 0 Å². The van der Waals surface area contributed by atoms with Gasteiger partial charge in [-0.1, -0.05) is 6.92 Å². The summed E-state index contributed by atoms with van der Waals surface area (Å²) in [6, 6.07) is -0.264. The van der Waals surface area contributed by atoms with Crippen LogP contribution in [0.3, 0.4) is 0 Å². The van der Waals surface area contributed by atoms with Crippen LogP contribution in [0.2, 0.25) is 0 Å². The first-order valence-corrected chi connectivity index (χ1v) is 8.54. The quantitative estimate of drug-likeness (QED) is 0.711. The number of sulfonamides is 1. The molecule has 1 heterocycles. The van der Waals surface area contributed by atoms with E-state index in [1.807, 2.05) is 20.8 Å². The first kappa shape index (κ1) is 15.6. The van der Waals surface area contributed by atoms with Gasteiger partial charge in [-0.2, -0.15) is 0 Å². The number of hydrogen-bond donors (Lipinski definition) is 2. The highest BCUT2D eigenvalue weighted by Crippen LogP contribution is 2.19. The van der Waals surface area contributed by atoms with Gasteiger partial charge in [0.2, 0.25) is 10.0 Å². The van der Waals surface area contributed by atoms with Crippen molar-refractivity contribution in [2.24, 2.45) is 0 Å². The van der Waals surface area contributed by atoms with Crippen LogP contribution in [0.4, 0.5) is 0 Å². The molecule has 1 atom stereocenters. The normalized spacial score (nSPS) is 13.7. The fourth-order valence-corrected chi connectivity index (χ4v) is 3.49. The van der Waals surface area contributed by atoms with Gasteiger partial charge in [-0.3, -0.25) is 0 Å². The molecule has 0 saturated heterocycles. The smallest absolute Gasteiger partial charge is 0.213 e. The van der Waals surface area contributed by atoms with Crippen LogP contribution in [-0.2, 0) is 10.0 Å². The first-order chi connectivity index (χ1) is 8.44. The van der Waals surface area contributed by atoms with Gasteiger partial charge >= 0.3 is 0 Å². The van der Waals surface area contributed by atoms with Crippen LogP contribution in [0.5, 0.6) is 0 Å². The van der Waals surface area contributed by atoms with Gasteiger partial charge in [0.15, 0.2) is 0 Å². The number of rotatable bonds is 8. The summed E-state index contributed by atoms with van der Waals surface area (Å²) < 4.78 is 26.3. The Morgan fingerprint density at radius 2 is 2.17 bits per heavy atom. The van der Waals surface area contributed by atoms with Crippen molar-refractivity contribution in [3.8, 4) is 0 Å². The molecule has 2 N–H and O–H groups in total. The summed E-state index contributed by atoms with van der Waals surface area (Å²) in [5.41, 5.74) is 0. The maximum absolute atomic E-state index is 11.8. The van der Waals surface area contributed by atoms with E-state index in [0.717, 1.165) is 22.9 Å². The average molecular weight is 291 g/mol. The highest BCUT2D eigenvalue weighted by molar-refractivity contribution is 7.89. The monoisotopic (exact) mass is 291 g/mol. The maximum Gasteiger partial charge on any atom is 0.213 e. The zero-order chi connectivity index (χ0) is 13.6. The maximum atomic E-state index is 11.8. The van der Waals surface area contributed by atoms with Gasteiger partial charge in [0.05, 0.1) is 11.8 Å². The third kappa shape index (κ3) is 5.43. The van der Waals surface area contributed by atoms with E-state index in [1.165, 1.54) is 11.3 Å². The Morgan fingerprint density at radius 3 is 2.72 bits per heavy atom. The highest BCUT2D eigenvalue weighted by atomic mass is 32.2. The molecule has 1 unspecified atom stereocenters. The van der Waals surface area contributed by atoms with Crippen LogP contribution in [0.15, 0.2) is 6.20 Å². The molecule has 1 rings (SSSR count). The zero-order valence-electron chi connectivity index (χ0n) is 11.1. The van der Waals surface area contributed by atoms with E-state index in [-0.39, 0.29) is 11.8 Å². The standard InChI is InChI=1S/C11H21N3O2S2/c1-4-5-12-6-7-18(15,16)14-10(3)11-13-8-9(2)17-11/h8,10,12,14H,4-7H2,1-3H3. The van der Waals surface area contributed by atoms with Crippen molar-refractivity contribution in [3.05, 3.63) is 16.1 Å². The minimum Gasteiger partial charge on any atom is -0.316 e. The number of thiazole rings is 1. The summed E-state index contributed by atoms with van der Waals surface area (Å²) >= 11 is 1.51. The van der Waals surface area contributed by atoms with E-state index in [0.29, 0.717) is 6.54 Å². The Balaban J connectivity index is 2.44. The molecule has 0 spiro atoms. The third-order valence-electron chi connectivity index (χ3n) is 2.34. The van der Waals surface area contributed by atoms with Crippen molar-refractivity contribution in [1.82, 2.24) is 15.0 Å². The van der Waals surface area contributed by atoms with Gasteiger partial charge in [-0.25, -0.2) is 18.1 Å². The van der Waals surface area contributed by atoms with E-state index in [1.54, 1.807) is 6.20 Å². The summed E-state index contributed by atoms with van der Waals surface area (Å²) in [4.78, 5) is 5.27.